The summed E-state index contributed by atoms with van der Waals surface area (Å²) in [6.45, 7) is -0.260. The van der Waals surface area contributed by atoms with Gasteiger partial charge in [-0.05, 0) is 11.6 Å². The molecule has 8 nitrogen and oxygen atoms in total. The third-order valence-electron chi connectivity index (χ3n) is 3.68. The lowest BCUT2D eigenvalue weighted by atomic mass is 10.1. The topological polar surface area (TPSA) is 88.0 Å². The zero-order valence-corrected chi connectivity index (χ0v) is 14.7. The molecule has 2 heterocycles. The third kappa shape index (κ3) is 4.82. The Morgan fingerprint density at radius 3 is 2.54 bits per heavy atom. The molecule has 3 rings (SSSR count). The molecule has 2 aromatic heterocycles. The zero-order valence-electron chi connectivity index (χ0n) is 14.7. The third-order valence-corrected chi connectivity index (χ3v) is 3.68. The lowest BCUT2D eigenvalue weighted by molar-refractivity contribution is -0.138. The normalized spacial score (nSPS) is 11.5. The van der Waals surface area contributed by atoms with Crippen LogP contribution in [0.1, 0.15) is 21.5 Å². The Balaban J connectivity index is 1.85. The van der Waals surface area contributed by atoms with Crippen LogP contribution in [0.25, 0.3) is 0 Å². The molecule has 0 radical (unpaired) electrons. The molecule has 28 heavy (non-hydrogen) atoms. The molecule has 2 N–H and O–H groups in total. The molecule has 0 aliphatic rings. The van der Waals surface area contributed by atoms with Gasteiger partial charge in [0.1, 0.15) is 6.33 Å². The molecule has 1 amide bonds. The van der Waals surface area contributed by atoms with E-state index in [4.69, 9.17) is 0 Å². The molecule has 1 aromatic carbocycles. The molecule has 0 unspecified atom stereocenters. The number of aryl methyl sites for hydroxylation is 1. The maximum Gasteiger partial charge on any atom is 0.416 e. The van der Waals surface area contributed by atoms with Gasteiger partial charge in [0, 0.05) is 25.6 Å². The van der Waals surface area contributed by atoms with E-state index >= 15 is 0 Å². The molecule has 0 atom stereocenters. The van der Waals surface area contributed by atoms with Crippen molar-refractivity contribution in [1.29, 1.82) is 0 Å². The van der Waals surface area contributed by atoms with Gasteiger partial charge in [0.25, 0.3) is 5.91 Å². The van der Waals surface area contributed by atoms with Crippen molar-refractivity contribution >= 4 is 11.6 Å². The second-order valence-corrected chi connectivity index (χ2v) is 5.82. The van der Waals surface area contributed by atoms with Crippen molar-refractivity contribution < 1.29 is 18.0 Å². The molecule has 0 saturated heterocycles. The van der Waals surface area contributed by atoms with Crippen molar-refractivity contribution in [2.75, 3.05) is 5.43 Å². The number of aromatic nitrogens is 4. The number of carbonyl (C=O) groups is 1. The Morgan fingerprint density at radius 2 is 1.89 bits per heavy atom. The Bertz CT molecular complexity index is 943. The Kier molecular flexibility index (Phi) is 5.54. The number of rotatable bonds is 6. The highest BCUT2D eigenvalue weighted by Gasteiger charge is 2.33. The number of nitrogens with one attached hydrogen (secondary N) is 2. The van der Waals surface area contributed by atoms with E-state index in [-0.39, 0.29) is 17.7 Å². The predicted molar refractivity (Wildman–Crippen MR) is 93.3 cm³/mol. The summed E-state index contributed by atoms with van der Waals surface area (Å²) in [5, 5.41) is 5.14. The van der Waals surface area contributed by atoms with Crippen LogP contribution in [0.15, 0.2) is 55.4 Å². The van der Waals surface area contributed by atoms with Gasteiger partial charge in [-0.2, -0.15) is 18.3 Å². The fourth-order valence-electron chi connectivity index (χ4n) is 2.45. The quantitative estimate of drug-likeness (QED) is 0.628. The SMILES string of the molecule is Cn1cc(NN(Cc2ccccc2C(F)(F)F)NC(=O)c2cncnc2)cn1. The lowest BCUT2D eigenvalue weighted by Gasteiger charge is -2.25. The van der Waals surface area contributed by atoms with Crippen LogP contribution in [0.3, 0.4) is 0 Å². The van der Waals surface area contributed by atoms with Crippen molar-refractivity contribution in [3.05, 3.63) is 72.1 Å². The first-order chi connectivity index (χ1) is 13.3. The van der Waals surface area contributed by atoms with E-state index < -0.39 is 17.6 Å². The fraction of sp³-hybridized carbons (Fsp3) is 0.176. The standard InChI is InChI=1S/C17H16F3N7O/c1-26-10-14(8-23-26)24-27(25-16(28)13-6-21-11-22-7-13)9-12-4-2-3-5-15(12)17(18,19)20/h2-8,10-11,24H,9H2,1H3,(H,25,28). The van der Waals surface area contributed by atoms with E-state index in [1.807, 2.05) is 0 Å². The monoisotopic (exact) mass is 391 g/mol. The summed E-state index contributed by atoms with van der Waals surface area (Å²) in [6.07, 6.45) is 2.43. The van der Waals surface area contributed by atoms with E-state index in [0.717, 1.165) is 11.2 Å². The minimum absolute atomic E-state index is 0.0176. The van der Waals surface area contributed by atoms with E-state index in [2.05, 4.69) is 25.9 Å². The number of hydrogen-bond donors (Lipinski definition) is 2. The van der Waals surface area contributed by atoms with Gasteiger partial charge in [-0.15, -0.1) is 5.12 Å². The summed E-state index contributed by atoms with van der Waals surface area (Å²) >= 11 is 0. The van der Waals surface area contributed by atoms with Crippen molar-refractivity contribution in [1.82, 2.24) is 30.3 Å². The highest BCUT2D eigenvalue weighted by atomic mass is 19.4. The summed E-state index contributed by atoms with van der Waals surface area (Å²) in [5.41, 5.74) is 5.19. The summed E-state index contributed by atoms with van der Waals surface area (Å²) in [5.74, 6) is -0.582. The maximum atomic E-state index is 13.3. The second-order valence-electron chi connectivity index (χ2n) is 5.82. The van der Waals surface area contributed by atoms with Crippen LogP contribution in [-0.4, -0.2) is 30.8 Å². The second kappa shape index (κ2) is 8.05. The number of nitrogens with zero attached hydrogens (tertiary/aromatic N) is 5. The van der Waals surface area contributed by atoms with Crippen molar-refractivity contribution in [2.45, 2.75) is 12.7 Å². The first kappa shape index (κ1) is 19.3. The first-order valence-corrected chi connectivity index (χ1v) is 8.07. The number of alkyl halides is 3. The van der Waals surface area contributed by atoms with Crippen LogP contribution in [0.2, 0.25) is 0 Å². The number of carbonyl (C=O) groups excluding carboxylic acids is 1. The highest BCUT2D eigenvalue weighted by Crippen LogP contribution is 2.32. The van der Waals surface area contributed by atoms with Crippen LogP contribution >= 0.6 is 0 Å². The zero-order chi connectivity index (χ0) is 20.1. The molecule has 0 bridgehead atoms. The number of benzene rings is 1. The van der Waals surface area contributed by atoms with Crippen molar-refractivity contribution in [3.63, 3.8) is 0 Å². The van der Waals surface area contributed by atoms with E-state index in [0.29, 0.717) is 5.69 Å². The molecule has 0 saturated carbocycles. The first-order valence-electron chi connectivity index (χ1n) is 8.07. The van der Waals surface area contributed by atoms with Gasteiger partial charge in [0.15, 0.2) is 0 Å². The maximum absolute atomic E-state index is 13.3. The predicted octanol–water partition coefficient (Wildman–Crippen LogP) is 2.40. The van der Waals surface area contributed by atoms with Crippen LogP contribution in [0, 0.1) is 0 Å². The lowest BCUT2D eigenvalue weighted by Crippen LogP contribution is -2.45. The van der Waals surface area contributed by atoms with Crippen LogP contribution in [0.5, 0.6) is 0 Å². The number of hydrazine groups is 2. The van der Waals surface area contributed by atoms with E-state index in [9.17, 15) is 18.0 Å². The van der Waals surface area contributed by atoms with Gasteiger partial charge in [-0.1, -0.05) is 18.2 Å². The highest BCUT2D eigenvalue weighted by molar-refractivity contribution is 5.93. The molecule has 0 spiro atoms. The summed E-state index contributed by atoms with van der Waals surface area (Å²) in [4.78, 5) is 19.9. The molecule has 0 aliphatic carbocycles. The average Bonchev–Trinajstić information content (AvgIpc) is 3.06. The summed E-state index contributed by atoms with van der Waals surface area (Å²) in [7, 11) is 1.69. The minimum atomic E-state index is -4.52. The van der Waals surface area contributed by atoms with E-state index in [1.54, 1.807) is 13.2 Å². The van der Waals surface area contributed by atoms with Gasteiger partial charge >= 0.3 is 6.18 Å². The average molecular weight is 391 g/mol. The molecule has 146 valence electrons. The fourth-order valence-corrected chi connectivity index (χ4v) is 2.45. The minimum Gasteiger partial charge on any atom is -0.298 e. The number of anilines is 1. The molecule has 11 heteroatoms. The van der Waals surface area contributed by atoms with Gasteiger partial charge in [-0.25, -0.2) is 9.97 Å². The van der Waals surface area contributed by atoms with Gasteiger partial charge < -0.3 is 0 Å². The van der Waals surface area contributed by atoms with Crippen LogP contribution in [0.4, 0.5) is 18.9 Å². The van der Waals surface area contributed by atoms with Gasteiger partial charge in [-0.3, -0.25) is 20.3 Å². The molecule has 0 aliphatic heterocycles. The van der Waals surface area contributed by atoms with Crippen LogP contribution < -0.4 is 10.9 Å². The number of amides is 1. The van der Waals surface area contributed by atoms with Gasteiger partial charge in [0.05, 0.1) is 29.6 Å². The Hall–Kier alpha value is -3.47. The number of halogens is 3. The largest absolute Gasteiger partial charge is 0.416 e. The Labute approximate surface area is 158 Å². The smallest absolute Gasteiger partial charge is 0.298 e. The molecule has 0 fully saturated rings. The molecular weight excluding hydrogens is 375 g/mol. The van der Waals surface area contributed by atoms with Crippen LogP contribution in [-0.2, 0) is 19.8 Å². The summed E-state index contributed by atoms with van der Waals surface area (Å²) < 4.78 is 41.4. The van der Waals surface area contributed by atoms with Crippen molar-refractivity contribution in [3.8, 4) is 0 Å². The number of hydrogen-bond acceptors (Lipinski definition) is 6. The summed E-state index contributed by atoms with van der Waals surface area (Å²) in [6, 6.07) is 5.15. The van der Waals surface area contributed by atoms with Crippen molar-refractivity contribution in [2.24, 2.45) is 7.05 Å². The van der Waals surface area contributed by atoms with Gasteiger partial charge in [0.2, 0.25) is 0 Å². The molecular formula is C17H16F3N7O. The van der Waals surface area contributed by atoms with E-state index in [1.165, 1.54) is 47.8 Å². The molecule has 3 aromatic rings. The Morgan fingerprint density at radius 1 is 1.18 bits per heavy atom.